The number of nitrogens with zero attached hydrogens (tertiary/aromatic N) is 1. The van der Waals surface area contributed by atoms with Crippen molar-refractivity contribution in [1.82, 2.24) is 10.2 Å². The van der Waals surface area contributed by atoms with Crippen LogP contribution in [0.2, 0.25) is 0 Å². The Balaban J connectivity index is 0.00000560. The second-order valence-electron chi connectivity index (χ2n) is 10.7. The number of hydrogen-bond acceptors (Lipinski definition) is 4. The van der Waals surface area contributed by atoms with E-state index in [4.69, 9.17) is 0 Å². The standard InChI is InChI=1S/C32H44N2O4S.Li.H/c1-4-10-30(35)34(22-25-12-6-5-7-13-25)19-17-24-15-16-27(28(21-24)26-14-9-8-11-23(26)2)31(36)33-29(32(37)38)18-20-39-3;;/h8-9,11,14-16,21,25,29H,4-7,10,12-13,17-20,22H2,1-3H3,(H,33,36)(H,37,38);;/t29-;;/m0../s1. The van der Waals surface area contributed by atoms with Gasteiger partial charge in [-0.25, -0.2) is 4.79 Å². The Morgan fingerprint density at radius 2 is 1.80 bits per heavy atom. The van der Waals surface area contributed by atoms with Crippen molar-refractivity contribution < 1.29 is 19.5 Å². The number of rotatable bonds is 14. The minimum absolute atomic E-state index is 0. The van der Waals surface area contributed by atoms with Crippen molar-refractivity contribution in [2.75, 3.05) is 25.1 Å². The molecular formula is C32H45LiN2O4S. The summed E-state index contributed by atoms with van der Waals surface area (Å²) in [5.41, 5.74) is 4.29. The Labute approximate surface area is 256 Å². The number of carbonyl (C=O) groups excluding carboxylic acids is 2. The van der Waals surface area contributed by atoms with Crippen LogP contribution in [0.1, 0.15) is 79.8 Å². The van der Waals surface area contributed by atoms with Crippen molar-refractivity contribution in [3.05, 3.63) is 59.2 Å². The van der Waals surface area contributed by atoms with E-state index in [-0.39, 0.29) is 30.7 Å². The monoisotopic (exact) mass is 560 g/mol. The van der Waals surface area contributed by atoms with E-state index in [2.05, 4.69) is 10.2 Å². The Hall–Kier alpha value is -2.20. The number of carbonyl (C=O) groups is 3. The summed E-state index contributed by atoms with van der Waals surface area (Å²) < 4.78 is 0. The van der Waals surface area contributed by atoms with Gasteiger partial charge in [-0.1, -0.05) is 62.6 Å². The van der Waals surface area contributed by atoms with Crippen LogP contribution in [0.3, 0.4) is 0 Å². The predicted molar refractivity (Wildman–Crippen MR) is 167 cm³/mol. The predicted octanol–water partition coefficient (Wildman–Crippen LogP) is 5.70. The van der Waals surface area contributed by atoms with E-state index in [0.717, 1.165) is 35.2 Å². The summed E-state index contributed by atoms with van der Waals surface area (Å²) in [6, 6.07) is 12.8. The van der Waals surface area contributed by atoms with Gasteiger partial charge in [0.05, 0.1) is 0 Å². The Bertz CT molecular complexity index is 1120. The first kappa shape index (κ1) is 34.0. The number of aliphatic carboxylic acids is 1. The molecule has 2 aromatic rings. The third-order valence-corrected chi connectivity index (χ3v) is 8.31. The van der Waals surface area contributed by atoms with Gasteiger partial charge < -0.3 is 15.3 Å². The molecule has 0 spiro atoms. The van der Waals surface area contributed by atoms with E-state index in [0.29, 0.717) is 43.0 Å². The van der Waals surface area contributed by atoms with Gasteiger partial charge >= 0.3 is 24.8 Å². The fourth-order valence-electron chi connectivity index (χ4n) is 5.41. The Morgan fingerprint density at radius 3 is 2.45 bits per heavy atom. The molecule has 1 saturated carbocycles. The normalized spacial score (nSPS) is 14.2. The molecule has 0 unspecified atom stereocenters. The first-order chi connectivity index (χ1) is 18.8. The van der Waals surface area contributed by atoms with Crippen LogP contribution in [-0.2, 0) is 16.0 Å². The first-order valence-electron chi connectivity index (χ1n) is 14.3. The van der Waals surface area contributed by atoms with Crippen molar-refractivity contribution in [3.63, 3.8) is 0 Å². The topological polar surface area (TPSA) is 86.7 Å². The maximum atomic E-state index is 13.4. The van der Waals surface area contributed by atoms with Gasteiger partial charge in [0.2, 0.25) is 5.91 Å². The zero-order valence-corrected chi connectivity index (χ0v) is 24.5. The van der Waals surface area contributed by atoms with E-state index in [9.17, 15) is 19.5 Å². The molecule has 2 aromatic carbocycles. The summed E-state index contributed by atoms with van der Waals surface area (Å²) in [5, 5.41) is 12.4. The summed E-state index contributed by atoms with van der Waals surface area (Å²) in [4.78, 5) is 40.1. The molecule has 0 heterocycles. The van der Waals surface area contributed by atoms with Crippen molar-refractivity contribution in [2.45, 2.75) is 77.7 Å². The quantitative estimate of drug-likeness (QED) is 0.290. The fourth-order valence-corrected chi connectivity index (χ4v) is 5.88. The first-order valence-corrected chi connectivity index (χ1v) is 15.7. The molecule has 2 amide bonds. The third-order valence-electron chi connectivity index (χ3n) is 7.67. The number of aryl methyl sites for hydroxylation is 1. The van der Waals surface area contributed by atoms with Crippen LogP contribution in [-0.4, -0.2) is 77.8 Å². The van der Waals surface area contributed by atoms with E-state index in [1.54, 1.807) is 17.8 Å². The molecular weight excluding hydrogens is 515 g/mol. The molecule has 3 rings (SSSR count). The molecule has 6 nitrogen and oxygen atoms in total. The van der Waals surface area contributed by atoms with Gasteiger partial charge in [0, 0.05) is 25.1 Å². The number of hydrogen-bond donors (Lipinski definition) is 2. The van der Waals surface area contributed by atoms with Crippen LogP contribution in [0.25, 0.3) is 11.1 Å². The minimum atomic E-state index is -1.03. The van der Waals surface area contributed by atoms with E-state index < -0.39 is 12.0 Å². The number of carboxylic acids is 1. The van der Waals surface area contributed by atoms with Gasteiger partial charge in [-0.05, 0) is 85.3 Å². The van der Waals surface area contributed by atoms with Crippen LogP contribution in [0.4, 0.5) is 0 Å². The molecule has 1 aliphatic rings. The zero-order chi connectivity index (χ0) is 28.2. The third kappa shape index (κ3) is 10.0. The van der Waals surface area contributed by atoms with Gasteiger partial charge in [0.25, 0.3) is 5.91 Å². The molecule has 0 aromatic heterocycles. The SMILES string of the molecule is CCCC(=O)N(CCc1ccc(C(=O)N[C@@H](CCSC)C(=O)O)c(-c2ccccc2C)c1)CC1CCCCC1.[LiH]. The average molecular weight is 561 g/mol. The summed E-state index contributed by atoms with van der Waals surface area (Å²) in [5.74, 6) is 0.0470. The van der Waals surface area contributed by atoms with E-state index in [1.807, 2.05) is 56.5 Å². The average Bonchev–Trinajstić information content (AvgIpc) is 2.93. The molecule has 1 atom stereocenters. The molecule has 0 saturated heterocycles. The van der Waals surface area contributed by atoms with Gasteiger partial charge in [-0.2, -0.15) is 11.8 Å². The van der Waals surface area contributed by atoms with E-state index in [1.165, 1.54) is 32.1 Å². The van der Waals surface area contributed by atoms with Crippen LogP contribution >= 0.6 is 11.8 Å². The zero-order valence-electron chi connectivity index (χ0n) is 23.7. The Kier molecular flexibility index (Phi) is 14.9. The Morgan fingerprint density at radius 1 is 1.07 bits per heavy atom. The summed E-state index contributed by atoms with van der Waals surface area (Å²) >= 11 is 1.55. The molecule has 1 fully saturated rings. The molecule has 0 radical (unpaired) electrons. The fraction of sp³-hybridized carbons (Fsp3) is 0.531. The van der Waals surface area contributed by atoms with Gasteiger partial charge in [-0.3, -0.25) is 9.59 Å². The molecule has 2 N–H and O–H groups in total. The van der Waals surface area contributed by atoms with Crippen molar-refractivity contribution >= 4 is 48.4 Å². The maximum absolute atomic E-state index is 13.4. The van der Waals surface area contributed by atoms with Crippen LogP contribution in [0.5, 0.6) is 0 Å². The second-order valence-corrected chi connectivity index (χ2v) is 11.7. The number of nitrogens with one attached hydrogen (secondary N) is 1. The van der Waals surface area contributed by atoms with Gasteiger partial charge in [0.15, 0.2) is 0 Å². The summed E-state index contributed by atoms with van der Waals surface area (Å²) in [6.45, 7) is 5.54. The summed E-state index contributed by atoms with van der Waals surface area (Å²) in [6.07, 6.45) is 10.6. The summed E-state index contributed by atoms with van der Waals surface area (Å²) in [7, 11) is 0. The molecule has 8 heteroatoms. The molecule has 40 heavy (non-hydrogen) atoms. The van der Waals surface area contributed by atoms with Gasteiger partial charge in [-0.15, -0.1) is 0 Å². The van der Waals surface area contributed by atoms with Crippen molar-refractivity contribution in [1.29, 1.82) is 0 Å². The van der Waals surface area contributed by atoms with Crippen LogP contribution in [0, 0.1) is 12.8 Å². The number of carboxylic acid groups (broad SMARTS) is 1. The molecule has 214 valence electrons. The van der Waals surface area contributed by atoms with E-state index >= 15 is 0 Å². The van der Waals surface area contributed by atoms with Crippen molar-refractivity contribution in [2.24, 2.45) is 5.92 Å². The number of benzene rings is 2. The molecule has 0 bridgehead atoms. The van der Waals surface area contributed by atoms with Crippen LogP contribution < -0.4 is 5.32 Å². The van der Waals surface area contributed by atoms with Crippen molar-refractivity contribution in [3.8, 4) is 11.1 Å². The van der Waals surface area contributed by atoms with Gasteiger partial charge in [0.1, 0.15) is 6.04 Å². The number of amides is 2. The van der Waals surface area contributed by atoms with Crippen LogP contribution in [0.15, 0.2) is 42.5 Å². The molecule has 1 aliphatic carbocycles. The second kappa shape index (κ2) is 17.6. The number of thioether (sulfide) groups is 1. The molecule has 0 aliphatic heterocycles.